The predicted molar refractivity (Wildman–Crippen MR) is 100 cm³/mol. The molecule has 2 rings (SSSR count). The zero-order valence-corrected chi connectivity index (χ0v) is 15.5. The van der Waals surface area contributed by atoms with Gasteiger partial charge in [-0.05, 0) is 30.9 Å². The summed E-state index contributed by atoms with van der Waals surface area (Å²) in [5, 5.41) is 3.37. The number of aliphatic imine (C=N–C) groups is 1. The molecule has 1 aliphatic rings. The first-order chi connectivity index (χ1) is 10.3. The first kappa shape index (κ1) is 18.7. The summed E-state index contributed by atoms with van der Waals surface area (Å²) in [6.45, 7) is 1.77. The highest BCUT2D eigenvalue weighted by Crippen LogP contribution is 2.27. The van der Waals surface area contributed by atoms with Crippen LogP contribution in [0.4, 0.5) is 5.69 Å². The van der Waals surface area contributed by atoms with E-state index in [0.29, 0.717) is 6.42 Å². The quantitative estimate of drug-likeness (QED) is 0.263. The average molecular weight is 417 g/mol. The molecule has 6 heteroatoms. The standard InChI is InChI=1S/C16H23N3O2.HI/c1-17-16(18-11-6-5-9-15(20)21-2)19-12-10-13-7-3-4-8-14(13)19;/h3-4,7-8H,5-6,9-12H2,1-2H3,(H,17,18);1H. The Morgan fingerprint density at radius 3 is 2.86 bits per heavy atom. The van der Waals surface area contributed by atoms with Gasteiger partial charge in [0, 0.05) is 32.2 Å². The molecule has 1 aromatic rings. The molecule has 1 N–H and O–H groups in total. The molecule has 0 bridgehead atoms. The summed E-state index contributed by atoms with van der Waals surface area (Å²) in [5.74, 6) is 0.755. The average Bonchev–Trinajstić information content (AvgIpc) is 2.94. The van der Waals surface area contributed by atoms with Crippen LogP contribution in [0.25, 0.3) is 0 Å². The highest BCUT2D eigenvalue weighted by molar-refractivity contribution is 14.0. The summed E-state index contributed by atoms with van der Waals surface area (Å²) in [4.78, 5) is 17.6. The molecule has 0 atom stereocenters. The van der Waals surface area contributed by atoms with Crippen LogP contribution in [0.5, 0.6) is 0 Å². The van der Waals surface area contributed by atoms with Crippen molar-refractivity contribution in [2.24, 2.45) is 4.99 Å². The van der Waals surface area contributed by atoms with E-state index in [4.69, 9.17) is 0 Å². The van der Waals surface area contributed by atoms with Gasteiger partial charge in [-0.2, -0.15) is 0 Å². The number of hydrogen-bond donors (Lipinski definition) is 1. The van der Waals surface area contributed by atoms with E-state index < -0.39 is 0 Å². The number of carbonyl (C=O) groups is 1. The number of methoxy groups -OCH3 is 1. The third-order valence-electron chi connectivity index (χ3n) is 3.67. The Kier molecular flexibility index (Phi) is 8.22. The highest BCUT2D eigenvalue weighted by atomic mass is 127. The Hall–Kier alpha value is -1.31. The first-order valence-corrected chi connectivity index (χ1v) is 7.39. The summed E-state index contributed by atoms with van der Waals surface area (Å²) in [6.07, 6.45) is 3.28. The number of benzene rings is 1. The van der Waals surface area contributed by atoms with Crippen LogP contribution >= 0.6 is 24.0 Å². The lowest BCUT2D eigenvalue weighted by atomic mass is 10.2. The summed E-state index contributed by atoms with van der Waals surface area (Å²) in [7, 11) is 3.23. The van der Waals surface area contributed by atoms with E-state index >= 15 is 0 Å². The van der Waals surface area contributed by atoms with Crippen molar-refractivity contribution in [2.45, 2.75) is 25.7 Å². The molecule has 0 amide bonds. The molecule has 0 fully saturated rings. The van der Waals surface area contributed by atoms with Crippen molar-refractivity contribution in [3.8, 4) is 0 Å². The van der Waals surface area contributed by atoms with Gasteiger partial charge >= 0.3 is 5.97 Å². The third-order valence-corrected chi connectivity index (χ3v) is 3.67. The molecule has 5 nitrogen and oxygen atoms in total. The van der Waals surface area contributed by atoms with E-state index in [-0.39, 0.29) is 29.9 Å². The number of guanidine groups is 1. The predicted octanol–water partition coefficient (Wildman–Crippen LogP) is 2.59. The molecule has 1 aromatic carbocycles. The molecule has 0 radical (unpaired) electrons. The molecule has 0 saturated heterocycles. The molecule has 0 saturated carbocycles. The van der Waals surface area contributed by atoms with Crippen molar-refractivity contribution < 1.29 is 9.53 Å². The van der Waals surface area contributed by atoms with Crippen molar-refractivity contribution in [1.29, 1.82) is 0 Å². The van der Waals surface area contributed by atoms with Crippen molar-refractivity contribution >= 4 is 41.6 Å². The van der Waals surface area contributed by atoms with Gasteiger partial charge < -0.3 is 15.0 Å². The number of carbonyl (C=O) groups excluding carboxylic acids is 1. The number of anilines is 1. The Labute approximate surface area is 149 Å². The minimum atomic E-state index is -0.146. The fourth-order valence-corrected chi connectivity index (χ4v) is 2.55. The number of unbranched alkanes of at least 4 members (excludes halogenated alkanes) is 1. The number of halogens is 1. The van der Waals surface area contributed by atoms with Crippen LogP contribution in [-0.2, 0) is 16.0 Å². The largest absolute Gasteiger partial charge is 0.469 e. The fraction of sp³-hybridized carbons (Fsp3) is 0.500. The molecule has 0 spiro atoms. The van der Waals surface area contributed by atoms with E-state index in [1.165, 1.54) is 18.4 Å². The number of hydrogen-bond acceptors (Lipinski definition) is 3. The molecule has 1 aliphatic heterocycles. The number of rotatable bonds is 5. The van der Waals surface area contributed by atoms with E-state index in [2.05, 4.69) is 44.2 Å². The minimum absolute atomic E-state index is 0. The maximum absolute atomic E-state index is 11.0. The second-order valence-corrected chi connectivity index (χ2v) is 5.04. The van der Waals surface area contributed by atoms with Crippen LogP contribution in [0.2, 0.25) is 0 Å². The highest BCUT2D eigenvalue weighted by Gasteiger charge is 2.21. The number of ether oxygens (including phenoxy) is 1. The first-order valence-electron chi connectivity index (χ1n) is 7.39. The normalized spacial score (nSPS) is 13.4. The lowest BCUT2D eigenvalue weighted by Gasteiger charge is -2.22. The van der Waals surface area contributed by atoms with E-state index in [1.807, 2.05) is 0 Å². The SMILES string of the molecule is CN=C(NCCCCC(=O)OC)N1CCc2ccccc21.I. The Morgan fingerprint density at radius 2 is 2.14 bits per heavy atom. The van der Waals surface area contributed by atoms with Gasteiger partial charge in [-0.1, -0.05) is 18.2 Å². The van der Waals surface area contributed by atoms with Gasteiger partial charge in [-0.25, -0.2) is 0 Å². The fourth-order valence-electron chi connectivity index (χ4n) is 2.55. The number of fused-ring (bicyclic) bond motifs is 1. The lowest BCUT2D eigenvalue weighted by molar-refractivity contribution is -0.140. The van der Waals surface area contributed by atoms with Crippen LogP contribution in [0.3, 0.4) is 0 Å². The summed E-state index contributed by atoms with van der Waals surface area (Å²) < 4.78 is 4.63. The van der Waals surface area contributed by atoms with Crippen molar-refractivity contribution in [3.05, 3.63) is 29.8 Å². The summed E-state index contributed by atoms with van der Waals surface area (Å²) >= 11 is 0. The maximum atomic E-state index is 11.0. The second kappa shape index (κ2) is 9.66. The smallest absolute Gasteiger partial charge is 0.305 e. The number of para-hydroxylation sites is 1. The molecule has 0 unspecified atom stereocenters. The minimum Gasteiger partial charge on any atom is -0.469 e. The molecule has 0 aromatic heterocycles. The monoisotopic (exact) mass is 417 g/mol. The summed E-state index contributed by atoms with van der Waals surface area (Å²) in [6, 6.07) is 8.43. The zero-order valence-electron chi connectivity index (χ0n) is 13.2. The van der Waals surface area contributed by atoms with Gasteiger partial charge in [0.15, 0.2) is 5.96 Å². The van der Waals surface area contributed by atoms with Gasteiger partial charge in [-0.3, -0.25) is 9.79 Å². The number of esters is 1. The van der Waals surface area contributed by atoms with Crippen LogP contribution in [-0.4, -0.2) is 39.2 Å². The molecular weight excluding hydrogens is 393 g/mol. The molecule has 22 heavy (non-hydrogen) atoms. The van der Waals surface area contributed by atoms with Crippen molar-refractivity contribution in [3.63, 3.8) is 0 Å². The zero-order chi connectivity index (χ0) is 15.1. The van der Waals surface area contributed by atoms with Crippen LogP contribution < -0.4 is 10.2 Å². The van der Waals surface area contributed by atoms with Crippen LogP contribution in [0, 0.1) is 0 Å². The molecule has 0 aliphatic carbocycles. The van der Waals surface area contributed by atoms with E-state index in [1.54, 1.807) is 7.05 Å². The number of nitrogens with one attached hydrogen (secondary N) is 1. The Bertz CT molecular complexity index is 520. The van der Waals surface area contributed by atoms with Crippen molar-refractivity contribution in [1.82, 2.24) is 5.32 Å². The lowest BCUT2D eigenvalue weighted by Crippen LogP contribution is -2.40. The Balaban J connectivity index is 0.00000242. The van der Waals surface area contributed by atoms with Gasteiger partial charge in [0.25, 0.3) is 0 Å². The van der Waals surface area contributed by atoms with Crippen molar-refractivity contribution in [2.75, 3.05) is 32.1 Å². The number of nitrogens with zero attached hydrogens (tertiary/aromatic N) is 2. The van der Waals surface area contributed by atoms with Crippen LogP contribution in [0.1, 0.15) is 24.8 Å². The van der Waals surface area contributed by atoms with E-state index in [9.17, 15) is 4.79 Å². The summed E-state index contributed by atoms with van der Waals surface area (Å²) in [5.41, 5.74) is 2.60. The maximum Gasteiger partial charge on any atom is 0.305 e. The Morgan fingerprint density at radius 1 is 1.36 bits per heavy atom. The second-order valence-electron chi connectivity index (χ2n) is 5.04. The van der Waals surface area contributed by atoms with Gasteiger partial charge in [0.2, 0.25) is 0 Å². The molecular formula is C16H24IN3O2. The van der Waals surface area contributed by atoms with Crippen LogP contribution in [0.15, 0.2) is 29.3 Å². The van der Waals surface area contributed by atoms with Gasteiger partial charge in [0.1, 0.15) is 0 Å². The van der Waals surface area contributed by atoms with Gasteiger partial charge in [0.05, 0.1) is 7.11 Å². The topological polar surface area (TPSA) is 53.9 Å². The van der Waals surface area contributed by atoms with Gasteiger partial charge in [-0.15, -0.1) is 24.0 Å². The molecule has 122 valence electrons. The third kappa shape index (κ3) is 4.86. The molecule has 1 heterocycles. The van der Waals surface area contributed by atoms with E-state index in [0.717, 1.165) is 38.3 Å².